The Hall–Kier alpha value is -1.33. The van der Waals surface area contributed by atoms with Crippen molar-refractivity contribution in [3.05, 3.63) is 47.0 Å². The Morgan fingerprint density at radius 2 is 1.81 bits per heavy atom. The summed E-state index contributed by atoms with van der Waals surface area (Å²) in [5, 5.41) is 9.42. The zero-order chi connectivity index (χ0) is 24.9. The lowest BCUT2D eigenvalue weighted by Gasteiger charge is -2.47. The fraction of sp³-hybridized carbons (Fsp3) is 0.667. The Morgan fingerprint density at radius 1 is 1.06 bits per heavy atom. The molecule has 7 rings (SSSR count). The van der Waals surface area contributed by atoms with Crippen LogP contribution < -0.4 is 0 Å². The van der Waals surface area contributed by atoms with E-state index in [-0.39, 0.29) is 67.5 Å². The van der Waals surface area contributed by atoms with Gasteiger partial charge >= 0.3 is 5.97 Å². The van der Waals surface area contributed by atoms with Crippen LogP contribution in [0.3, 0.4) is 0 Å². The minimum absolute atomic E-state index is 0.0148. The van der Waals surface area contributed by atoms with E-state index in [1.165, 1.54) is 0 Å². The highest BCUT2D eigenvalue weighted by Crippen LogP contribution is 2.54. The Kier molecular flexibility index (Phi) is 7.00. The number of carbonyl (C=O) groups is 1. The van der Waals surface area contributed by atoms with Crippen LogP contribution in [0.4, 0.5) is 0 Å². The molecule has 10 atom stereocenters. The van der Waals surface area contributed by atoms with Crippen molar-refractivity contribution in [2.45, 2.75) is 106 Å². The fourth-order valence-corrected chi connectivity index (χ4v) is 6.82. The van der Waals surface area contributed by atoms with Crippen LogP contribution in [0.1, 0.15) is 55.3 Å². The largest absolute Gasteiger partial charge is 0.458 e. The number of carbonyl (C=O) groups excluding carboxylic acids is 1. The molecule has 1 N–H and O–H groups in total. The van der Waals surface area contributed by atoms with Gasteiger partial charge in [-0.05, 0) is 42.3 Å². The third-order valence-electron chi connectivity index (χ3n) is 8.06. The van der Waals surface area contributed by atoms with E-state index >= 15 is 0 Å². The van der Waals surface area contributed by atoms with Crippen molar-refractivity contribution in [3.63, 3.8) is 0 Å². The number of fused-ring (bicyclic) bond motifs is 1. The lowest BCUT2D eigenvalue weighted by Crippen LogP contribution is -2.61. The predicted octanol–water partition coefficient (Wildman–Crippen LogP) is 3.64. The molecular formula is C27H33BrO8. The Labute approximate surface area is 219 Å². The minimum Gasteiger partial charge on any atom is -0.458 e. The minimum atomic E-state index is -0.847. The SMILES string of the molecule is C=C(Br)C[C@@H](CC[C@@]12C[C@H]3O[C@H]4[C@@H](O1)[C@H]1O[C@@H](CCO)CC[C@@H]1O[C@H]4[C@H]3O2)OC(=O)c1ccccc1. The van der Waals surface area contributed by atoms with Gasteiger partial charge in [0.15, 0.2) is 5.79 Å². The van der Waals surface area contributed by atoms with Crippen LogP contribution in [-0.2, 0) is 28.4 Å². The first kappa shape index (κ1) is 25.0. The van der Waals surface area contributed by atoms with Gasteiger partial charge in [0.2, 0.25) is 0 Å². The number of halogens is 1. The molecule has 196 valence electrons. The number of ether oxygens (including phenoxy) is 6. The van der Waals surface area contributed by atoms with Crippen molar-refractivity contribution in [1.82, 2.24) is 0 Å². The first-order valence-electron chi connectivity index (χ1n) is 13.0. The lowest BCUT2D eigenvalue weighted by atomic mass is 9.87. The lowest BCUT2D eigenvalue weighted by molar-refractivity contribution is -0.293. The summed E-state index contributed by atoms with van der Waals surface area (Å²) in [7, 11) is 0. The Bertz CT molecular complexity index is 974. The van der Waals surface area contributed by atoms with Crippen molar-refractivity contribution in [1.29, 1.82) is 0 Å². The van der Waals surface area contributed by atoms with Crippen LogP contribution in [0, 0.1) is 0 Å². The molecular weight excluding hydrogens is 532 g/mol. The zero-order valence-electron chi connectivity index (χ0n) is 20.1. The first-order valence-corrected chi connectivity index (χ1v) is 13.8. The average Bonchev–Trinajstić information content (AvgIpc) is 3.28. The third kappa shape index (κ3) is 4.68. The first-order chi connectivity index (χ1) is 17.4. The molecule has 36 heavy (non-hydrogen) atoms. The zero-order valence-corrected chi connectivity index (χ0v) is 21.7. The summed E-state index contributed by atoms with van der Waals surface area (Å²) >= 11 is 3.43. The Balaban J connectivity index is 1.18. The average molecular weight is 565 g/mol. The molecule has 0 radical (unpaired) electrons. The maximum Gasteiger partial charge on any atom is 0.338 e. The van der Waals surface area contributed by atoms with E-state index < -0.39 is 5.79 Å². The molecule has 0 aromatic heterocycles. The summed E-state index contributed by atoms with van der Waals surface area (Å²) in [5.74, 6) is -1.21. The van der Waals surface area contributed by atoms with E-state index in [1.54, 1.807) is 12.1 Å². The molecule has 6 aliphatic heterocycles. The normalized spacial score (nSPS) is 40.9. The summed E-state index contributed by atoms with van der Waals surface area (Å²) in [6.45, 7) is 4.05. The molecule has 6 aliphatic rings. The van der Waals surface area contributed by atoms with Crippen LogP contribution >= 0.6 is 15.9 Å². The third-order valence-corrected chi connectivity index (χ3v) is 8.38. The van der Waals surface area contributed by atoms with E-state index in [4.69, 9.17) is 28.4 Å². The van der Waals surface area contributed by atoms with Crippen LogP contribution in [0.15, 0.2) is 41.4 Å². The molecule has 6 bridgehead atoms. The van der Waals surface area contributed by atoms with Crippen molar-refractivity contribution in [2.75, 3.05) is 6.61 Å². The van der Waals surface area contributed by atoms with Crippen molar-refractivity contribution in [2.24, 2.45) is 0 Å². The number of hydrogen-bond acceptors (Lipinski definition) is 8. The second kappa shape index (κ2) is 10.1. The highest BCUT2D eigenvalue weighted by Gasteiger charge is 2.68. The number of esters is 1. The molecule has 6 fully saturated rings. The molecule has 0 amide bonds. The van der Waals surface area contributed by atoms with Gasteiger partial charge in [0.05, 0.1) is 23.9 Å². The van der Waals surface area contributed by atoms with Gasteiger partial charge in [0.25, 0.3) is 0 Å². The number of aliphatic hydroxyl groups excluding tert-OH is 1. The summed E-state index contributed by atoms with van der Waals surface area (Å²) < 4.78 is 39.2. The molecule has 1 aromatic rings. The monoisotopic (exact) mass is 564 g/mol. The summed E-state index contributed by atoms with van der Waals surface area (Å²) in [5.41, 5.74) is 0.516. The number of aliphatic hydroxyl groups is 1. The van der Waals surface area contributed by atoms with Crippen molar-refractivity contribution in [3.8, 4) is 0 Å². The van der Waals surface area contributed by atoms with Gasteiger partial charge < -0.3 is 33.5 Å². The van der Waals surface area contributed by atoms with Crippen LogP contribution in [-0.4, -0.2) is 78.4 Å². The van der Waals surface area contributed by atoms with Gasteiger partial charge in [-0.25, -0.2) is 4.79 Å². The van der Waals surface area contributed by atoms with Gasteiger partial charge in [-0.1, -0.05) is 40.7 Å². The van der Waals surface area contributed by atoms with Gasteiger partial charge in [-0.15, -0.1) is 0 Å². The van der Waals surface area contributed by atoms with Crippen molar-refractivity contribution >= 4 is 21.9 Å². The van der Waals surface area contributed by atoms with E-state index in [0.717, 1.165) is 17.3 Å². The number of benzene rings is 1. The Morgan fingerprint density at radius 3 is 2.58 bits per heavy atom. The molecule has 8 nitrogen and oxygen atoms in total. The van der Waals surface area contributed by atoms with E-state index in [0.29, 0.717) is 37.7 Å². The molecule has 0 saturated carbocycles. The van der Waals surface area contributed by atoms with Gasteiger partial charge in [-0.3, -0.25) is 0 Å². The highest BCUT2D eigenvalue weighted by atomic mass is 79.9. The number of rotatable bonds is 9. The molecule has 6 heterocycles. The predicted molar refractivity (Wildman–Crippen MR) is 132 cm³/mol. The maximum absolute atomic E-state index is 12.7. The summed E-state index contributed by atoms with van der Waals surface area (Å²) in [4.78, 5) is 12.7. The van der Waals surface area contributed by atoms with Gasteiger partial charge in [0.1, 0.15) is 36.6 Å². The van der Waals surface area contributed by atoms with E-state index in [2.05, 4.69) is 22.5 Å². The van der Waals surface area contributed by atoms with Crippen LogP contribution in [0.2, 0.25) is 0 Å². The molecule has 1 aromatic carbocycles. The molecule has 0 aliphatic carbocycles. The summed E-state index contributed by atoms with van der Waals surface area (Å²) in [6, 6.07) is 8.99. The van der Waals surface area contributed by atoms with Crippen molar-refractivity contribution < 1.29 is 38.3 Å². The molecule has 9 heteroatoms. The molecule has 0 unspecified atom stereocenters. The van der Waals surface area contributed by atoms with Gasteiger partial charge in [0, 0.05) is 25.9 Å². The van der Waals surface area contributed by atoms with Crippen LogP contribution in [0.5, 0.6) is 0 Å². The second-order valence-corrected chi connectivity index (χ2v) is 11.6. The fourth-order valence-electron chi connectivity index (χ4n) is 6.46. The number of hydrogen-bond donors (Lipinski definition) is 1. The standard InChI is InChI=1S/C27H33BrO8/c1-15(28)13-18(32-26(30)16-5-3-2-4-6-16)9-11-27-14-20-22(35-27)23-24(34-20)25(36-27)21-19(33-23)8-7-17(31-21)10-12-29/h2-6,17-25,29H,1,7-14H2/t17-,18-,19+,20-,21+,22+,23+,24-,25+,27+/m1/s1. The van der Waals surface area contributed by atoms with E-state index in [9.17, 15) is 9.90 Å². The van der Waals surface area contributed by atoms with Gasteiger partial charge in [-0.2, -0.15) is 0 Å². The highest BCUT2D eigenvalue weighted by molar-refractivity contribution is 9.11. The van der Waals surface area contributed by atoms with E-state index in [1.807, 2.05) is 18.2 Å². The van der Waals surface area contributed by atoms with Crippen LogP contribution in [0.25, 0.3) is 0 Å². The topological polar surface area (TPSA) is 92.7 Å². The smallest absolute Gasteiger partial charge is 0.338 e. The molecule has 0 spiro atoms. The summed E-state index contributed by atoms with van der Waals surface area (Å²) in [6.07, 6.45) is 2.84. The maximum atomic E-state index is 12.7. The molecule has 6 saturated heterocycles. The second-order valence-electron chi connectivity index (χ2n) is 10.5. The quantitative estimate of drug-likeness (QED) is 0.454.